The fourth-order valence-electron chi connectivity index (χ4n) is 4.13. The monoisotopic (exact) mass is 532 g/mol. The van der Waals surface area contributed by atoms with Crippen molar-refractivity contribution in [1.82, 2.24) is 0 Å². The van der Waals surface area contributed by atoms with E-state index < -0.39 is 23.8 Å². The van der Waals surface area contributed by atoms with Gasteiger partial charge in [0.25, 0.3) is 0 Å². The molecular weight excluding hydrogens is 500 g/mol. The van der Waals surface area contributed by atoms with Crippen molar-refractivity contribution in [3.63, 3.8) is 0 Å². The smallest absolute Gasteiger partial charge is 0.349 e. The summed E-state index contributed by atoms with van der Waals surface area (Å²) < 4.78 is 28.5. The van der Waals surface area contributed by atoms with Crippen LogP contribution >= 0.6 is 0 Å². The fraction of sp³-hybridized carbons (Fsp3) is 0.290. The van der Waals surface area contributed by atoms with Crippen LogP contribution in [0.15, 0.2) is 72.8 Å². The third-order valence-electron chi connectivity index (χ3n) is 5.81. The summed E-state index contributed by atoms with van der Waals surface area (Å²) in [6, 6.07) is 20.3. The lowest BCUT2D eigenvalue weighted by Gasteiger charge is -2.33. The second-order valence-electron chi connectivity index (χ2n) is 9.38. The predicted molar refractivity (Wildman–Crippen MR) is 145 cm³/mol. The van der Waals surface area contributed by atoms with Gasteiger partial charge in [-0.15, -0.1) is 0 Å². The van der Waals surface area contributed by atoms with Crippen LogP contribution in [-0.2, 0) is 27.3 Å². The highest BCUT2D eigenvalue weighted by molar-refractivity contribution is 5.99. The molecule has 0 aliphatic carbocycles. The SMILES string of the molecule is CCOC(=O)/C=C/c1c(CC(O)COc2ccccc2)cc2c(c1OCc1ccccc1)C(=O)OC(C)(C)O2. The molecule has 1 aliphatic rings. The Hall–Kier alpha value is -4.30. The van der Waals surface area contributed by atoms with Crippen LogP contribution < -0.4 is 14.2 Å². The number of esters is 2. The summed E-state index contributed by atoms with van der Waals surface area (Å²) in [7, 11) is 0. The highest BCUT2D eigenvalue weighted by atomic mass is 16.7. The third kappa shape index (κ3) is 7.39. The van der Waals surface area contributed by atoms with Gasteiger partial charge in [-0.3, -0.25) is 0 Å². The van der Waals surface area contributed by atoms with Crippen LogP contribution in [0, 0.1) is 0 Å². The second kappa shape index (κ2) is 12.5. The van der Waals surface area contributed by atoms with E-state index in [9.17, 15) is 14.7 Å². The number of hydrogen-bond donors (Lipinski definition) is 1. The Kier molecular flexibility index (Phi) is 8.88. The zero-order valence-electron chi connectivity index (χ0n) is 22.2. The molecule has 3 aromatic rings. The standard InChI is InChI=1S/C31H32O8/c1-4-35-27(33)16-15-25-22(17-23(32)20-36-24-13-9-6-10-14-24)18-26-28(30(34)39-31(2,3)38-26)29(25)37-19-21-11-7-5-8-12-21/h5-16,18,23,32H,4,17,19-20H2,1-3H3/b16-15+. The van der Waals surface area contributed by atoms with E-state index in [-0.39, 0.29) is 43.3 Å². The number of aliphatic hydroxyl groups excluding tert-OH is 1. The molecule has 1 aliphatic heterocycles. The number of aliphatic hydroxyl groups is 1. The van der Waals surface area contributed by atoms with E-state index in [4.69, 9.17) is 23.7 Å². The van der Waals surface area contributed by atoms with E-state index in [0.717, 1.165) is 5.56 Å². The molecule has 204 valence electrons. The van der Waals surface area contributed by atoms with Crippen LogP contribution in [-0.4, -0.2) is 42.1 Å². The number of carbonyl (C=O) groups excluding carboxylic acids is 2. The second-order valence-corrected chi connectivity index (χ2v) is 9.38. The van der Waals surface area contributed by atoms with Gasteiger partial charge in [-0.2, -0.15) is 0 Å². The first kappa shape index (κ1) is 27.7. The lowest BCUT2D eigenvalue weighted by atomic mass is 9.95. The lowest BCUT2D eigenvalue weighted by Crippen LogP contribution is -2.39. The average Bonchev–Trinajstić information content (AvgIpc) is 2.90. The molecule has 1 atom stereocenters. The number of cyclic esters (lactones) is 1. The highest BCUT2D eigenvalue weighted by Crippen LogP contribution is 2.42. The maximum Gasteiger partial charge on any atom is 0.349 e. The topological polar surface area (TPSA) is 101 Å². The molecule has 0 amide bonds. The summed E-state index contributed by atoms with van der Waals surface area (Å²) in [6.07, 6.45) is 1.99. The molecule has 0 radical (unpaired) electrons. The molecule has 0 fully saturated rings. The Morgan fingerprint density at radius 1 is 1.03 bits per heavy atom. The van der Waals surface area contributed by atoms with Crippen molar-refractivity contribution in [2.75, 3.05) is 13.2 Å². The summed E-state index contributed by atoms with van der Waals surface area (Å²) in [6.45, 7) is 5.36. The van der Waals surface area contributed by atoms with Crippen molar-refractivity contribution < 1.29 is 38.4 Å². The van der Waals surface area contributed by atoms with E-state index in [1.165, 1.54) is 12.2 Å². The number of benzene rings is 3. The first-order valence-corrected chi connectivity index (χ1v) is 12.8. The highest BCUT2D eigenvalue weighted by Gasteiger charge is 2.38. The van der Waals surface area contributed by atoms with Crippen molar-refractivity contribution in [2.45, 2.75) is 45.7 Å². The largest absolute Gasteiger partial charge is 0.491 e. The van der Waals surface area contributed by atoms with Gasteiger partial charge < -0.3 is 28.8 Å². The number of rotatable bonds is 11. The van der Waals surface area contributed by atoms with E-state index in [2.05, 4.69) is 0 Å². The van der Waals surface area contributed by atoms with Crippen LogP contribution in [0.5, 0.6) is 17.2 Å². The maximum absolute atomic E-state index is 13.2. The molecule has 4 rings (SSSR count). The van der Waals surface area contributed by atoms with Gasteiger partial charge in [0.1, 0.15) is 36.0 Å². The van der Waals surface area contributed by atoms with E-state index in [0.29, 0.717) is 16.9 Å². The minimum atomic E-state index is -1.20. The van der Waals surface area contributed by atoms with Gasteiger partial charge in [-0.1, -0.05) is 48.5 Å². The third-order valence-corrected chi connectivity index (χ3v) is 5.81. The quantitative estimate of drug-likeness (QED) is 0.269. The molecule has 1 N–H and O–H groups in total. The minimum absolute atomic E-state index is 0.0245. The summed E-state index contributed by atoms with van der Waals surface area (Å²) in [4.78, 5) is 25.4. The van der Waals surface area contributed by atoms with Crippen LogP contribution in [0.25, 0.3) is 6.08 Å². The summed E-state index contributed by atoms with van der Waals surface area (Å²) in [5, 5.41) is 10.9. The average molecular weight is 533 g/mol. The fourth-order valence-corrected chi connectivity index (χ4v) is 4.13. The van der Waals surface area contributed by atoms with Gasteiger partial charge in [0.05, 0.1) is 12.7 Å². The Bertz CT molecular complexity index is 1320. The summed E-state index contributed by atoms with van der Waals surface area (Å²) in [5.74, 6) is -1.29. The van der Waals surface area contributed by atoms with Crippen LogP contribution in [0.2, 0.25) is 0 Å². The predicted octanol–water partition coefficient (Wildman–Crippen LogP) is 5.11. The van der Waals surface area contributed by atoms with Gasteiger partial charge in [-0.25, -0.2) is 9.59 Å². The van der Waals surface area contributed by atoms with Crippen molar-refractivity contribution >= 4 is 18.0 Å². The molecule has 8 heteroatoms. The normalized spacial score (nSPS) is 14.6. The van der Waals surface area contributed by atoms with Crippen LogP contribution in [0.1, 0.15) is 47.8 Å². The van der Waals surface area contributed by atoms with Gasteiger partial charge >= 0.3 is 11.9 Å². The first-order valence-electron chi connectivity index (χ1n) is 12.8. The molecular formula is C31H32O8. The van der Waals surface area contributed by atoms with Gasteiger partial charge in [0.15, 0.2) is 0 Å². The molecule has 0 saturated carbocycles. The zero-order valence-corrected chi connectivity index (χ0v) is 22.2. The van der Waals surface area contributed by atoms with Crippen LogP contribution in [0.4, 0.5) is 0 Å². The Labute approximate surface area is 227 Å². The molecule has 0 bridgehead atoms. The van der Waals surface area contributed by atoms with Crippen molar-refractivity contribution in [1.29, 1.82) is 0 Å². The van der Waals surface area contributed by atoms with Crippen LogP contribution in [0.3, 0.4) is 0 Å². The van der Waals surface area contributed by atoms with E-state index in [1.807, 2.05) is 48.5 Å². The Morgan fingerprint density at radius 2 is 1.72 bits per heavy atom. The molecule has 8 nitrogen and oxygen atoms in total. The molecule has 0 saturated heterocycles. The van der Waals surface area contributed by atoms with Gasteiger partial charge in [0.2, 0.25) is 5.79 Å². The number of ether oxygens (including phenoxy) is 5. The maximum atomic E-state index is 13.2. The van der Waals surface area contributed by atoms with Crippen molar-refractivity contribution in [2.24, 2.45) is 0 Å². The number of fused-ring (bicyclic) bond motifs is 1. The van der Waals surface area contributed by atoms with E-state index in [1.54, 1.807) is 39.0 Å². The molecule has 1 unspecified atom stereocenters. The molecule has 1 heterocycles. The number of carbonyl (C=O) groups is 2. The Morgan fingerprint density at radius 3 is 2.41 bits per heavy atom. The van der Waals surface area contributed by atoms with Crippen molar-refractivity contribution in [3.05, 3.63) is 95.1 Å². The van der Waals surface area contributed by atoms with E-state index >= 15 is 0 Å². The number of para-hydroxylation sites is 1. The zero-order chi connectivity index (χ0) is 27.8. The molecule has 0 aromatic heterocycles. The Balaban J connectivity index is 1.74. The molecule has 3 aromatic carbocycles. The molecule has 0 spiro atoms. The summed E-state index contributed by atoms with van der Waals surface area (Å²) in [5.41, 5.74) is 2.00. The van der Waals surface area contributed by atoms with Gasteiger partial charge in [0, 0.05) is 31.9 Å². The minimum Gasteiger partial charge on any atom is -0.491 e. The van der Waals surface area contributed by atoms with Gasteiger partial charge in [-0.05, 0) is 42.3 Å². The first-order chi connectivity index (χ1) is 18.8. The summed E-state index contributed by atoms with van der Waals surface area (Å²) >= 11 is 0. The van der Waals surface area contributed by atoms with Crippen molar-refractivity contribution in [3.8, 4) is 17.2 Å². The number of hydrogen-bond acceptors (Lipinski definition) is 8. The lowest BCUT2D eigenvalue weighted by molar-refractivity contribution is -0.137. The molecule has 39 heavy (non-hydrogen) atoms.